The summed E-state index contributed by atoms with van der Waals surface area (Å²) in [6, 6.07) is 9.63. The van der Waals surface area contributed by atoms with E-state index in [9.17, 15) is 0 Å². The average molecular weight is 247 g/mol. The van der Waals surface area contributed by atoms with Gasteiger partial charge in [-0.05, 0) is 50.8 Å². The number of rotatable bonds is 6. The minimum Gasteiger partial charge on any atom is -0.491 e. The second kappa shape index (κ2) is 5.75. The van der Waals surface area contributed by atoms with Crippen LogP contribution < -0.4 is 10.1 Å². The van der Waals surface area contributed by atoms with Gasteiger partial charge in [-0.15, -0.1) is 0 Å². The number of nitrogens with one attached hydrogen (secondary N) is 1. The molecule has 3 unspecified atom stereocenters. The lowest BCUT2D eigenvalue weighted by Crippen LogP contribution is -2.22. The molecule has 2 nitrogen and oxygen atoms in total. The molecule has 3 atom stereocenters. The number of hydrogen-bond donors (Lipinski definition) is 1. The summed E-state index contributed by atoms with van der Waals surface area (Å²) < 4.78 is 5.66. The Balaban J connectivity index is 1.88. The molecule has 0 bridgehead atoms. The van der Waals surface area contributed by atoms with Gasteiger partial charge in [0.1, 0.15) is 5.75 Å². The van der Waals surface area contributed by atoms with Crippen molar-refractivity contribution in [3.05, 3.63) is 29.8 Å². The maximum Gasteiger partial charge on any atom is 0.119 e. The highest BCUT2D eigenvalue weighted by Crippen LogP contribution is 2.35. The van der Waals surface area contributed by atoms with Gasteiger partial charge in [-0.25, -0.2) is 0 Å². The Labute approximate surface area is 111 Å². The maximum absolute atomic E-state index is 5.66. The van der Waals surface area contributed by atoms with Crippen LogP contribution in [0.4, 0.5) is 0 Å². The van der Waals surface area contributed by atoms with Crippen molar-refractivity contribution in [2.75, 3.05) is 0 Å². The van der Waals surface area contributed by atoms with E-state index in [1.807, 2.05) is 0 Å². The number of benzene rings is 1. The molecule has 1 N–H and O–H groups in total. The van der Waals surface area contributed by atoms with Gasteiger partial charge in [0.05, 0.1) is 6.10 Å². The summed E-state index contributed by atoms with van der Waals surface area (Å²) in [4.78, 5) is 0. The normalized spacial score (nSPS) is 24.1. The van der Waals surface area contributed by atoms with Crippen molar-refractivity contribution in [3.63, 3.8) is 0 Å². The zero-order chi connectivity index (χ0) is 13.1. The Bertz CT molecular complexity index is 371. The molecule has 1 aromatic carbocycles. The summed E-state index contributed by atoms with van der Waals surface area (Å²) in [6.45, 7) is 8.62. The molecule has 2 rings (SSSR count). The molecule has 0 saturated heterocycles. The fourth-order valence-corrected chi connectivity index (χ4v) is 2.43. The zero-order valence-electron chi connectivity index (χ0n) is 11.9. The van der Waals surface area contributed by atoms with Gasteiger partial charge < -0.3 is 10.1 Å². The quantitative estimate of drug-likeness (QED) is 0.822. The third-order valence-corrected chi connectivity index (χ3v) is 3.66. The van der Waals surface area contributed by atoms with Gasteiger partial charge in [0.2, 0.25) is 0 Å². The largest absolute Gasteiger partial charge is 0.491 e. The lowest BCUT2D eigenvalue weighted by Gasteiger charge is -2.15. The predicted octanol–water partition coefficient (Wildman–Crippen LogP) is 3.92. The van der Waals surface area contributed by atoms with Crippen LogP contribution in [0.5, 0.6) is 5.75 Å². The van der Waals surface area contributed by atoms with Gasteiger partial charge in [0.15, 0.2) is 0 Å². The molecule has 0 aliphatic heterocycles. The SMILES string of the molecule is CCC1CC1NC(C)c1ccc(OC(C)C)cc1. The molecule has 1 aliphatic rings. The molecule has 1 aromatic rings. The third kappa shape index (κ3) is 3.49. The van der Waals surface area contributed by atoms with Gasteiger partial charge in [0, 0.05) is 12.1 Å². The van der Waals surface area contributed by atoms with Gasteiger partial charge in [-0.1, -0.05) is 25.5 Å². The van der Waals surface area contributed by atoms with Crippen molar-refractivity contribution in [1.82, 2.24) is 5.32 Å². The van der Waals surface area contributed by atoms with E-state index in [-0.39, 0.29) is 6.10 Å². The van der Waals surface area contributed by atoms with E-state index >= 15 is 0 Å². The Morgan fingerprint density at radius 1 is 1.22 bits per heavy atom. The lowest BCUT2D eigenvalue weighted by atomic mass is 10.1. The summed E-state index contributed by atoms with van der Waals surface area (Å²) in [5, 5.41) is 3.69. The number of hydrogen-bond acceptors (Lipinski definition) is 2. The molecule has 0 radical (unpaired) electrons. The topological polar surface area (TPSA) is 21.3 Å². The molecule has 1 fully saturated rings. The standard InChI is InChI=1S/C16H25NO/c1-5-13-10-16(13)17-12(4)14-6-8-15(9-7-14)18-11(2)3/h6-9,11-13,16-17H,5,10H2,1-4H3. The first-order valence-corrected chi connectivity index (χ1v) is 7.12. The van der Waals surface area contributed by atoms with Crippen molar-refractivity contribution < 1.29 is 4.74 Å². The van der Waals surface area contributed by atoms with E-state index in [2.05, 4.69) is 57.3 Å². The summed E-state index contributed by atoms with van der Waals surface area (Å²) in [5.74, 6) is 1.86. The molecule has 0 heterocycles. The fourth-order valence-electron chi connectivity index (χ4n) is 2.43. The van der Waals surface area contributed by atoms with Crippen LogP contribution in [0.2, 0.25) is 0 Å². The fraction of sp³-hybridized carbons (Fsp3) is 0.625. The average Bonchev–Trinajstić information content (AvgIpc) is 3.07. The Hall–Kier alpha value is -1.02. The minimum absolute atomic E-state index is 0.239. The second-order valence-electron chi connectivity index (χ2n) is 5.63. The van der Waals surface area contributed by atoms with E-state index in [1.165, 1.54) is 18.4 Å². The summed E-state index contributed by atoms with van der Waals surface area (Å²) in [6.07, 6.45) is 2.88. The van der Waals surface area contributed by atoms with Gasteiger partial charge in [-0.3, -0.25) is 0 Å². The van der Waals surface area contributed by atoms with E-state index in [1.54, 1.807) is 0 Å². The molecular formula is C16H25NO. The van der Waals surface area contributed by atoms with Gasteiger partial charge in [0.25, 0.3) is 0 Å². The van der Waals surface area contributed by atoms with Crippen LogP contribution in [0, 0.1) is 5.92 Å². The maximum atomic E-state index is 5.66. The van der Waals surface area contributed by atoms with Crippen LogP contribution >= 0.6 is 0 Å². The third-order valence-electron chi connectivity index (χ3n) is 3.66. The monoisotopic (exact) mass is 247 g/mol. The van der Waals surface area contributed by atoms with Crippen molar-refractivity contribution >= 4 is 0 Å². The summed E-state index contributed by atoms with van der Waals surface area (Å²) in [7, 11) is 0. The van der Waals surface area contributed by atoms with Crippen LogP contribution in [-0.2, 0) is 0 Å². The predicted molar refractivity (Wildman–Crippen MR) is 75.9 cm³/mol. The zero-order valence-corrected chi connectivity index (χ0v) is 11.9. The summed E-state index contributed by atoms with van der Waals surface area (Å²) >= 11 is 0. The van der Waals surface area contributed by atoms with E-state index in [0.29, 0.717) is 6.04 Å². The molecule has 2 heteroatoms. The van der Waals surface area contributed by atoms with Crippen LogP contribution in [0.1, 0.15) is 52.1 Å². The molecule has 18 heavy (non-hydrogen) atoms. The highest BCUT2D eigenvalue weighted by Gasteiger charge is 2.35. The molecule has 1 aliphatic carbocycles. The van der Waals surface area contributed by atoms with Crippen molar-refractivity contribution in [1.29, 1.82) is 0 Å². The van der Waals surface area contributed by atoms with Gasteiger partial charge >= 0.3 is 0 Å². The molecule has 100 valence electrons. The Morgan fingerprint density at radius 3 is 2.39 bits per heavy atom. The Kier molecular flexibility index (Phi) is 4.28. The molecule has 0 spiro atoms. The molecule has 0 amide bonds. The Morgan fingerprint density at radius 2 is 1.89 bits per heavy atom. The smallest absolute Gasteiger partial charge is 0.119 e. The van der Waals surface area contributed by atoms with Crippen molar-refractivity contribution in [2.24, 2.45) is 5.92 Å². The van der Waals surface area contributed by atoms with E-state index < -0.39 is 0 Å². The number of ether oxygens (including phenoxy) is 1. The highest BCUT2D eigenvalue weighted by molar-refractivity contribution is 5.29. The molecule has 1 saturated carbocycles. The van der Waals surface area contributed by atoms with E-state index in [4.69, 9.17) is 4.74 Å². The van der Waals surface area contributed by atoms with Crippen LogP contribution in [0.15, 0.2) is 24.3 Å². The summed E-state index contributed by atoms with van der Waals surface area (Å²) in [5.41, 5.74) is 1.34. The first-order chi connectivity index (χ1) is 8.60. The molecule has 0 aromatic heterocycles. The van der Waals surface area contributed by atoms with Crippen LogP contribution in [-0.4, -0.2) is 12.1 Å². The van der Waals surface area contributed by atoms with Crippen molar-refractivity contribution in [2.45, 2.75) is 58.7 Å². The van der Waals surface area contributed by atoms with Crippen LogP contribution in [0.25, 0.3) is 0 Å². The first kappa shape index (κ1) is 13.4. The first-order valence-electron chi connectivity index (χ1n) is 7.12. The minimum atomic E-state index is 0.239. The van der Waals surface area contributed by atoms with Crippen molar-refractivity contribution in [3.8, 4) is 5.75 Å². The van der Waals surface area contributed by atoms with E-state index in [0.717, 1.165) is 17.7 Å². The van der Waals surface area contributed by atoms with Gasteiger partial charge in [-0.2, -0.15) is 0 Å². The van der Waals surface area contributed by atoms with Crippen LogP contribution in [0.3, 0.4) is 0 Å². The molecular weight excluding hydrogens is 222 g/mol. The second-order valence-corrected chi connectivity index (χ2v) is 5.63. The highest BCUT2D eigenvalue weighted by atomic mass is 16.5. The lowest BCUT2D eigenvalue weighted by molar-refractivity contribution is 0.242.